The van der Waals surface area contributed by atoms with E-state index < -0.39 is 0 Å². The molecule has 0 unspecified atom stereocenters. The van der Waals surface area contributed by atoms with E-state index in [1.165, 1.54) is 11.3 Å². The molecule has 0 aliphatic heterocycles. The number of imidazole rings is 2. The summed E-state index contributed by atoms with van der Waals surface area (Å²) in [4.78, 5) is 46.2. The molecule has 0 saturated carbocycles. The van der Waals surface area contributed by atoms with Crippen LogP contribution in [0.3, 0.4) is 0 Å². The van der Waals surface area contributed by atoms with Crippen LogP contribution < -0.4 is 11.1 Å². The zero-order valence-corrected chi connectivity index (χ0v) is 30.7. The summed E-state index contributed by atoms with van der Waals surface area (Å²) in [7, 11) is 3.53. The minimum Gasteiger partial charge on any atom is -0.318 e. The van der Waals surface area contributed by atoms with Crippen molar-refractivity contribution in [2.45, 2.75) is 34.1 Å². The molecule has 6 aromatic heterocycles. The Morgan fingerprint density at radius 2 is 1.06 bits per heavy atom. The first-order valence-corrected chi connectivity index (χ1v) is 17.4. The Morgan fingerprint density at radius 3 is 1.60 bits per heavy atom. The summed E-state index contributed by atoms with van der Waals surface area (Å²) >= 11 is 0. The first-order valence-electron chi connectivity index (χ1n) is 17.4. The number of aromatic nitrogens is 6. The van der Waals surface area contributed by atoms with E-state index in [0.29, 0.717) is 22.5 Å². The van der Waals surface area contributed by atoms with Crippen molar-refractivity contribution in [3.8, 4) is 22.3 Å². The lowest BCUT2D eigenvalue weighted by atomic mass is 10.1. The van der Waals surface area contributed by atoms with Crippen LogP contribution in [-0.2, 0) is 20.5 Å². The van der Waals surface area contributed by atoms with Crippen LogP contribution in [0.15, 0.2) is 131 Å². The second-order valence-corrected chi connectivity index (χ2v) is 13.5. The van der Waals surface area contributed by atoms with Crippen molar-refractivity contribution in [2.75, 3.05) is 0 Å². The predicted octanol–water partition coefficient (Wildman–Crippen LogP) is 7.46. The quantitative estimate of drug-likeness (QED) is 0.168. The molecule has 53 heavy (non-hydrogen) atoms. The van der Waals surface area contributed by atoms with Gasteiger partial charge in [-0.05, 0) is 91.9 Å². The van der Waals surface area contributed by atoms with Crippen molar-refractivity contribution >= 4 is 17.1 Å². The number of benzene rings is 2. The maximum atomic E-state index is 13.0. The number of pyridine rings is 4. The van der Waals surface area contributed by atoms with Crippen LogP contribution in [0.25, 0.3) is 33.5 Å². The Labute approximate surface area is 307 Å². The molecule has 0 radical (unpaired) electrons. The Bertz CT molecular complexity index is 2720. The van der Waals surface area contributed by atoms with Gasteiger partial charge >= 0.3 is 0 Å². The fourth-order valence-electron chi connectivity index (χ4n) is 6.79. The van der Waals surface area contributed by atoms with E-state index in [4.69, 9.17) is 4.98 Å². The summed E-state index contributed by atoms with van der Waals surface area (Å²) in [6, 6.07) is 31.4. The average Bonchev–Trinajstić information content (AvgIpc) is 3.66. The van der Waals surface area contributed by atoms with Crippen LogP contribution in [0.5, 0.6) is 0 Å². The maximum Gasteiger partial charge on any atom is 0.253 e. The molecule has 8 aromatic rings. The summed E-state index contributed by atoms with van der Waals surface area (Å²) in [5.41, 5.74) is 12.4. The zero-order chi connectivity index (χ0) is 37.4. The minimum atomic E-state index is -0.0607. The lowest BCUT2D eigenvalue weighted by Crippen LogP contribution is -2.18. The van der Waals surface area contributed by atoms with Gasteiger partial charge in [0, 0.05) is 67.7 Å². The van der Waals surface area contributed by atoms with Gasteiger partial charge in [0.2, 0.25) is 5.78 Å². The average molecular weight is 701 g/mol. The number of fused-ring (bicyclic) bond motifs is 2. The third-order valence-electron chi connectivity index (χ3n) is 9.57. The van der Waals surface area contributed by atoms with Crippen molar-refractivity contribution < 1.29 is 4.79 Å². The van der Waals surface area contributed by atoms with E-state index >= 15 is 0 Å². The molecule has 0 saturated heterocycles. The lowest BCUT2D eigenvalue weighted by molar-refractivity contribution is 0.103. The van der Waals surface area contributed by atoms with Crippen molar-refractivity contribution in [2.24, 2.45) is 14.1 Å². The Hall–Kier alpha value is -6.61. The van der Waals surface area contributed by atoms with Crippen LogP contribution >= 0.6 is 0 Å². The molecule has 0 amide bonds. The van der Waals surface area contributed by atoms with Gasteiger partial charge in [0.05, 0.1) is 11.4 Å². The third-order valence-corrected chi connectivity index (χ3v) is 9.57. The van der Waals surface area contributed by atoms with Gasteiger partial charge in [0.15, 0.2) is 0 Å². The maximum absolute atomic E-state index is 13.0. The smallest absolute Gasteiger partial charge is 0.253 e. The molecule has 0 fully saturated rings. The van der Waals surface area contributed by atoms with Gasteiger partial charge < -0.3 is 13.5 Å². The molecule has 0 atom stereocenters. The summed E-state index contributed by atoms with van der Waals surface area (Å²) in [6.45, 7) is 7.56. The van der Waals surface area contributed by atoms with Crippen molar-refractivity contribution in [3.63, 3.8) is 0 Å². The zero-order valence-electron chi connectivity index (χ0n) is 30.7. The molecule has 0 N–H and O–H groups in total. The highest BCUT2D eigenvalue weighted by Crippen LogP contribution is 2.25. The Balaban J connectivity index is 0.000000164. The van der Waals surface area contributed by atoms with Crippen LogP contribution in [-0.4, -0.2) is 33.7 Å². The second-order valence-electron chi connectivity index (χ2n) is 13.5. The highest BCUT2D eigenvalue weighted by molar-refractivity contribution is 6.09. The van der Waals surface area contributed by atoms with Crippen LogP contribution in [0.4, 0.5) is 0 Å². The summed E-state index contributed by atoms with van der Waals surface area (Å²) in [6.07, 6.45) is 8.55. The van der Waals surface area contributed by atoms with Gasteiger partial charge in [-0.3, -0.25) is 18.8 Å². The number of aryl methyl sites for hydroxylation is 6. The molecule has 0 bridgehead atoms. The van der Waals surface area contributed by atoms with Gasteiger partial charge in [-0.2, -0.15) is 0 Å². The van der Waals surface area contributed by atoms with Gasteiger partial charge in [-0.15, -0.1) is 0 Å². The molecule has 0 aliphatic carbocycles. The largest absolute Gasteiger partial charge is 0.318 e. The van der Waals surface area contributed by atoms with Crippen LogP contribution in [0, 0.1) is 27.7 Å². The summed E-state index contributed by atoms with van der Waals surface area (Å²) < 4.78 is 7.21. The van der Waals surface area contributed by atoms with E-state index in [-0.39, 0.29) is 16.9 Å². The van der Waals surface area contributed by atoms with E-state index in [2.05, 4.69) is 52.8 Å². The number of carbonyl (C=O) groups is 1. The highest BCUT2D eigenvalue weighted by Gasteiger charge is 2.19. The fraction of sp³-hybridized carbons (Fsp3) is 0.159. The van der Waals surface area contributed by atoms with Crippen molar-refractivity contribution in [1.29, 1.82) is 0 Å². The van der Waals surface area contributed by atoms with E-state index in [9.17, 15) is 14.4 Å². The number of ketones is 1. The molecule has 264 valence electrons. The molecule has 9 heteroatoms. The first kappa shape index (κ1) is 34.8. The molecule has 6 heterocycles. The van der Waals surface area contributed by atoms with Crippen LogP contribution in [0.2, 0.25) is 0 Å². The standard InChI is InChI=1S/C22H19N3O2.C22H21N3O/c1-14-11-18(12-24(3)22(14)27)17-9-10-19-23-15(2)20(25(19)13-17)21(26)16-7-5-4-6-8-16;1-15-11-19(13-24(3)22(15)26)18-9-10-21-23-16(2)20(25(21)14-18)12-17-7-5-4-6-8-17/h4-13H,1-3H3;4-11,13-14H,12H2,1-3H3. The molecular formula is C44H40N6O3. The van der Waals surface area contributed by atoms with E-state index in [0.717, 1.165) is 51.2 Å². The molecule has 0 aliphatic rings. The molecule has 8 rings (SSSR count). The lowest BCUT2D eigenvalue weighted by Gasteiger charge is -2.09. The summed E-state index contributed by atoms with van der Waals surface area (Å²) in [5.74, 6) is -0.0607. The normalized spacial score (nSPS) is 11.1. The number of rotatable bonds is 6. The Kier molecular flexibility index (Phi) is 9.32. The van der Waals surface area contributed by atoms with Gasteiger partial charge in [-0.1, -0.05) is 60.7 Å². The molecular weight excluding hydrogens is 661 g/mol. The SMILES string of the molecule is Cc1nc2ccc(-c3cc(C)c(=O)n(C)c3)cn2c1C(=O)c1ccccc1.Cc1nc2ccc(-c3cc(C)c(=O)n(C)c3)cn2c1Cc1ccccc1. The second kappa shape index (κ2) is 14.2. The molecule has 9 nitrogen and oxygen atoms in total. The number of hydrogen-bond donors (Lipinski definition) is 0. The number of nitrogens with zero attached hydrogens (tertiary/aromatic N) is 6. The van der Waals surface area contributed by atoms with Gasteiger partial charge in [-0.25, -0.2) is 9.97 Å². The van der Waals surface area contributed by atoms with Crippen LogP contribution in [0.1, 0.15) is 49.8 Å². The fourth-order valence-corrected chi connectivity index (χ4v) is 6.79. The number of carbonyl (C=O) groups excluding carboxylic acids is 1. The van der Waals surface area contributed by atoms with Crippen molar-refractivity contribution in [3.05, 3.63) is 188 Å². The predicted molar refractivity (Wildman–Crippen MR) is 210 cm³/mol. The first-order chi connectivity index (χ1) is 25.5. The Morgan fingerprint density at radius 1 is 0.566 bits per heavy atom. The summed E-state index contributed by atoms with van der Waals surface area (Å²) in [5, 5.41) is 0. The molecule has 0 spiro atoms. The minimum absolute atomic E-state index is 0.0155. The highest BCUT2D eigenvalue weighted by atomic mass is 16.1. The number of hydrogen-bond acceptors (Lipinski definition) is 5. The van der Waals surface area contributed by atoms with E-state index in [1.54, 1.807) is 48.5 Å². The van der Waals surface area contributed by atoms with Gasteiger partial charge in [0.25, 0.3) is 11.1 Å². The molecule has 2 aromatic carbocycles. The van der Waals surface area contributed by atoms with Crippen molar-refractivity contribution in [1.82, 2.24) is 27.9 Å². The topological polar surface area (TPSA) is 95.7 Å². The van der Waals surface area contributed by atoms with E-state index in [1.807, 2.05) is 85.2 Å². The monoisotopic (exact) mass is 700 g/mol. The van der Waals surface area contributed by atoms with Gasteiger partial charge in [0.1, 0.15) is 17.0 Å². The third kappa shape index (κ3) is 6.89.